The third kappa shape index (κ3) is 2.30. The summed E-state index contributed by atoms with van der Waals surface area (Å²) in [5, 5.41) is 20.9. The number of benzene rings is 1. The number of rotatable bonds is 4. The molecule has 1 aromatic rings. The van der Waals surface area contributed by atoms with Crippen LogP contribution in [0.2, 0.25) is 0 Å². The van der Waals surface area contributed by atoms with E-state index in [4.69, 9.17) is 9.47 Å². The van der Waals surface area contributed by atoms with E-state index in [1.807, 2.05) is 0 Å². The Bertz CT molecular complexity index is 703. The van der Waals surface area contributed by atoms with Crippen molar-refractivity contribution < 1.29 is 33.1 Å². The SMILES string of the molecule is CCOC1=BC(F)(F)C(=O)c2c1cc(OC)c(O)c2[N+](=O)[O-]. The van der Waals surface area contributed by atoms with Gasteiger partial charge in [-0.3, -0.25) is 0 Å². The summed E-state index contributed by atoms with van der Waals surface area (Å²) in [6, 6.07) is 1.05. The fourth-order valence-electron chi connectivity index (χ4n) is 2.14. The summed E-state index contributed by atoms with van der Waals surface area (Å²) in [6.45, 7) is 1.83. The summed E-state index contributed by atoms with van der Waals surface area (Å²) in [6.07, 6.45) is 0. The number of hydrogen-bond acceptors (Lipinski definition) is 6. The number of fused-ring (bicyclic) bond motifs is 1. The van der Waals surface area contributed by atoms with Crippen molar-refractivity contribution in [2.45, 2.75) is 12.7 Å². The van der Waals surface area contributed by atoms with Crippen molar-refractivity contribution >= 4 is 24.0 Å². The van der Waals surface area contributed by atoms with Crippen LogP contribution in [-0.2, 0) is 4.74 Å². The predicted octanol–water partition coefficient (Wildman–Crippen LogP) is 1.32. The van der Waals surface area contributed by atoms with Gasteiger partial charge >= 0.3 is 122 Å². The number of nitro groups is 1. The second kappa shape index (κ2) is 5.36. The molecular weight excluding hydrogens is 303 g/mol. The molecule has 0 radical (unpaired) electrons. The van der Waals surface area contributed by atoms with Gasteiger partial charge in [0.05, 0.1) is 0 Å². The van der Waals surface area contributed by atoms with E-state index >= 15 is 0 Å². The average molecular weight is 313 g/mol. The van der Waals surface area contributed by atoms with Crippen LogP contribution in [0.3, 0.4) is 0 Å². The maximum atomic E-state index is 13.8. The van der Waals surface area contributed by atoms with Gasteiger partial charge < -0.3 is 0 Å². The number of phenols is 1. The maximum absolute atomic E-state index is 13.8. The number of carbonyl (C=O) groups is 1. The molecule has 22 heavy (non-hydrogen) atoms. The van der Waals surface area contributed by atoms with Gasteiger partial charge in [0.25, 0.3) is 0 Å². The first-order valence-electron chi connectivity index (χ1n) is 6.11. The molecule has 116 valence electrons. The van der Waals surface area contributed by atoms with Crippen molar-refractivity contribution in [3.63, 3.8) is 0 Å². The third-order valence-electron chi connectivity index (χ3n) is 3.05. The van der Waals surface area contributed by atoms with E-state index in [2.05, 4.69) is 0 Å². The summed E-state index contributed by atoms with van der Waals surface area (Å²) in [5.41, 5.74) is -2.65. The van der Waals surface area contributed by atoms with Crippen LogP contribution < -0.4 is 4.74 Å². The van der Waals surface area contributed by atoms with Crippen LogP contribution in [-0.4, -0.2) is 47.9 Å². The van der Waals surface area contributed by atoms with Gasteiger partial charge in [-0.2, -0.15) is 0 Å². The molecule has 10 heteroatoms. The number of aromatic hydroxyl groups is 1. The van der Waals surface area contributed by atoms with E-state index in [0.717, 1.165) is 13.2 Å². The third-order valence-corrected chi connectivity index (χ3v) is 3.05. The Balaban J connectivity index is 2.88. The van der Waals surface area contributed by atoms with Crippen LogP contribution in [0.4, 0.5) is 14.5 Å². The molecule has 0 unspecified atom stereocenters. The number of hydrogen-bond donors (Lipinski definition) is 1. The Morgan fingerprint density at radius 1 is 1.50 bits per heavy atom. The van der Waals surface area contributed by atoms with E-state index in [-0.39, 0.29) is 23.6 Å². The molecular formula is C12H10BF2NO6. The van der Waals surface area contributed by atoms with Gasteiger partial charge in [-0.15, -0.1) is 0 Å². The first kappa shape index (κ1) is 15.9. The van der Waals surface area contributed by atoms with Crippen LogP contribution in [0, 0.1) is 10.1 Å². The molecule has 0 saturated carbocycles. The molecule has 0 saturated heterocycles. The minimum atomic E-state index is -3.97. The summed E-state index contributed by atoms with van der Waals surface area (Å²) in [7, 11) is 1.13. The molecule has 1 aromatic carbocycles. The predicted molar refractivity (Wildman–Crippen MR) is 72.1 cm³/mol. The molecule has 7 nitrogen and oxygen atoms in total. The summed E-state index contributed by atoms with van der Waals surface area (Å²) >= 11 is 0. The summed E-state index contributed by atoms with van der Waals surface area (Å²) < 4.78 is 37.3. The van der Waals surface area contributed by atoms with Crippen LogP contribution in [0.1, 0.15) is 22.8 Å². The first-order chi connectivity index (χ1) is 10.2. The van der Waals surface area contributed by atoms with Crippen LogP contribution >= 0.6 is 0 Å². The number of nitrogens with zero attached hydrogens (tertiary/aromatic N) is 1. The molecule has 1 N–H and O–H groups in total. The summed E-state index contributed by atoms with van der Waals surface area (Å²) in [5.74, 6) is -7.07. The zero-order valence-corrected chi connectivity index (χ0v) is 11.6. The van der Waals surface area contributed by atoms with E-state index in [9.17, 15) is 28.8 Å². The molecule has 0 aromatic heterocycles. The van der Waals surface area contributed by atoms with Crippen molar-refractivity contribution in [2.75, 3.05) is 13.7 Å². The minimum absolute atomic E-state index is 0.00648. The van der Waals surface area contributed by atoms with Crippen LogP contribution in [0.25, 0.3) is 0 Å². The zero-order chi connectivity index (χ0) is 16.7. The first-order valence-corrected chi connectivity index (χ1v) is 6.11. The molecule has 0 bridgehead atoms. The van der Waals surface area contributed by atoms with E-state index in [1.54, 1.807) is 0 Å². The number of phenolic OH excluding ortho intramolecular Hbond substituents is 1. The van der Waals surface area contributed by atoms with Crippen LogP contribution in [0.15, 0.2) is 6.07 Å². The van der Waals surface area contributed by atoms with Gasteiger partial charge in [0.2, 0.25) is 0 Å². The normalized spacial score (nSPS) is 15.5. The van der Waals surface area contributed by atoms with E-state index < -0.39 is 33.5 Å². The number of methoxy groups -OCH3 is 1. The quantitative estimate of drug-likeness (QED) is 0.511. The Labute approximate surface area is 123 Å². The van der Waals surface area contributed by atoms with Gasteiger partial charge in [-0.25, -0.2) is 0 Å². The van der Waals surface area contributed by atoms with Gasteiger partial charge in [-0.1, -0.05) is 0 Å². The second-order valence-corrected chi connectivity index (χ2v) is 4.35. The Morgan fingerprint density at radius 2 is 2.14 bits per heavy atom. The number of alkyl halides is 2. The number of nitro benzene ring substituents is 1. The van der Waals surface area contributed by atoms with Crippen molar-refractivity contribution in [2.24, 2.45) is 0 Å². The van der Waals surface area contributed by atoms with Crippen molar-refractivity contribution in [1.29, 1.82) is 0 Å². The zero-order valence-electron chi connectivity index (χ0n) is 11.6. The number of Topliss-reactive ketones (excluding diaryl/α,β-unsaturated/α-hetero) is 1. The van der Waals surface area contributed by atoms with Crippen molar-refractivity contribution in [3.05, 3.63) is 27.3 Å². The molecule has 0 fully saturated rings. The van der Waals surface area contributed by atoms with Crippen molar-refractivity contribution in [1.82, 2.24) is 0 Å². The van der Waals surface area contributed by atoms with Crippen LogP contribution in [0.5, 0.6) is 11.5 Å². The van der Waals surface area contributed by atoms with Gasteiger partial charge in [0, 0.05) is 0 Å². The molecule has 0 aliphatic carbocycles. The number of carbonyl (C=O) groups excluding carboxylic acids is 1. The molecule has 1 heterocycles. The van der Waals surface area contributed by atoms with Gasteiger partial charge in [-0.05, 0) is 0 Å². The molecule has 0 amide bonds. The number of ketones is 1. The van der Waals surface area contributed by atoms with Gasteiger partial charge in [0.1, 0.15) is 0 Å². The Morgan fingerprint density at radius 3 is 2.64 bits per heavy atom. The van der Waals surface area contributed by atoms with E-state index in [1.165, 1.54) is 6.92 Å². The fourth-order valence-corrected chi connectivity index (χ4v) is 2.14. The van der Waals surface area contributed by atoms with E-state index in [0.29, 0.717) is 6.92 Å². The summed E-state index contributed by atoms with van der Waals surface area (Å²) in [4.78, 5) is 21.9. The molecule has 0 spiro atoms. The molecule has 2 rings (SSSR count). The number of halogens is 2. The van der Waals surface area contributed by atoms with Crippen molar-refractivity contribution in [3.8, 4) is 11.5 Å². The van der Waals surface area contributed by atoms with Gasteiger partial charge in [0.15, 0.2) is 0 Å². The Kier molecular flexibility index (Phi) is 3.86. The fraction of sp³-hybridized carbons (Fsp3) is 0.333. The average Bonchev–Trinajstić information content (AvgIpc) is 2.43. The molecule has 1 aliphatic rings. The standard InChI is InChI=1S/C12H10BF2NO6/c1-3-22-11-5-4-6(21-2)9(17)8(16(19)20)7(5)10(18)12(14,15)13-11/h4,17H,3H2,1-2H3. The molecule has 0 atom stereocenters. The Hall–Kier alpha value is -2.52. The number of ether oxygens (including phenoxy) is 2. The monoisotopic (exact) mass is 313 g/mol. The molecule has 1 aliphatic heterocycles. The second-order valence-electron chi connectivity index (χ2n) is 4.35. The topological polar surface area (TPSA) is 98.9 Å².